The van der Waals surface area contributed by atoms with Crippen LogP contribution in [0.5, 0.6) is 0 Å². The van der Waals surface area contributed by atoms with E-state index in [0.717, 1.165) is 13.0 Å². The fraction of sp³-hybridized carbons (Fsp3) is 1.00. The maximum absolute atomic E-state index is 10.4. The SMILES string of the molecule is CCC(C)(CO)CN(C)CC1(O)CCOCC1. The van der Waals surface area contributed by atoms with Crippen molar-refractivity contribution < 1.29 is 14.9 Å². The molecule has 1 aliphatic rings. The lowest BCUT2D eigenvalue weighted by Gasteiger charge is -2.38. The van der Waals surface area contributed by atoms with Crippen molar-refractivity contribution in [1.82, 2.24) is 4.90 Å². The number of hydrogen-bond acceptors (Lipinski definition) is 4. The highest BCUT2D eigenvalue weighted by atomic mass is 16.5. The van der Waals surface area contributed by atoms with Crippen molar-refractivity contribution in [1.29, 1.82) is 0 Å². The minimum atomic E-state index is -0.614. The monoisotopic (exact) mass is 245 g/mol. The van der Waals surface area contributed by atoms with Crippen LogP contribution in [-0.2, 0) is 4.74 Å². The Morgan fingerprint density at radius 1 is 1.35 bits per heavy atom. The lowest BCUT2D eigenvalue weighted by Crippen LogP contribution is -2.48. The molecule has 0 aromatic heterocycles. The molecule has 17 heavy (non-hydrogen) atoms. The smallest absolute Gasteiger partial charge is 0.0817 e. The number of likely N-dealkylation sites (N-methyl/N-ethyl adjacent to an activating group) is 1. The van der Waals surface area contributed by atoms with Crippen LogP contribution in [0.25, 0.3) is 0 Å². The Kier molecular flexibility index (Phi) is 5.38. The number of ether oxygens (including phenoxy) is 1. The topological polar surface area (TPSA) is 52.9 Å². The molecule has 0 amide bonds. The van der Waals surface area contributed by atoms with Crippen molar-refractivity contribution in [2.75, 3.05) is 40.0 Å². The molecule has 1 rings (SSSR count). The van der Waals surface area contributed by atoms with Crippen LogP contribution >= 0.6 is 0 Å². The van der Waals surface area contributed by atoms with Gasteiger partial charge in [0.25, 0.3) is 0 Å². The highest BCUT2D eigenvalue weighted by molar-refractivity contribution is 4.86. The second-order valence-corrected chi connectivity index (χ2v) is 5.83. The average molecular weight is 245 g/mol. The van der Waals surface area contributed by atoms with E-state index in [1.54, 1.807) is 0 Å². The third-order valence-electron chi connectivity index (χ3n) is 3.87. The van der Waals surface area contributed by atoms with E-state index in [-0.39, 0.29) is 12.0 Å². The van der Waals surface area contributed by atoms with Crippen LogP contribution in [0.2, 0.25) is 0 Å². The van der Waals surface area contributed by atoms with Gasteiger partial charge in [0.15, 0.2) is 0 Å². The fourth-order valence-electron chi connectivity index (χ4n) is 2.39. The summed E-state index contributed by atoms with van der Waals surface area (Å²) in [6.45, 7) is 7.13. The van der Waals surface area contributed by atoms with Crippen LogP contribution in [-0.4, -0.2) is 60.7 Å². The van der Waals surface area contributed by atoms with Gasteiger partial charge in [-0.15, -0.1) is 0 Å². The number of rotatable bonds is 6. The summed E-state index contributed by atoms with van der Waals surface area (Å²) in [5, 5.41) is 19.8. The maximum atomic E-state index is 10.4. The quantitative estimate of drug-likeness (QED) is 0.729. The van der Waals surface area contributed by atoms with Gasteiger partial charge >= 0.3 is 0 Å². The second kappa shape index (κ2) is 6.14. The Labute approximate surface area is 105 Å². The molecule has 4 heteroatoms. The van der Waals surface area contributed by atoms with Crippen LogP contribution in [0, 0.1) is 5.41 Å². The normalized spacial score (nSPS) is 23.6. The molecule has 1 atom stereocenters. The molecule has 0 aromatic carbocycles. The molecular formula is C13H27NO3. The van der Waals surface area contributed by atoms with Gasteiger partial charge in [-0.05, 0) is 13.5 Å². The summed E-state index contributed by atoms with van der Waals surface area (Å²) in [4.78, 5) is 2.13. The second-order valence-electron chi connectivity index (χ2n) is 5.83. The van der Waals surface area contributed by atoms with E-state index in [0.29, 0.717) is 32.6 Å². The predicted octanol–water partition coefficient (Wildman–Crippen LogP) is 0.868. The van der Waals surface area contributed by atoms with E-state index < -0.39 is 5.60 Å². The van der Waals surface area contributed by atoms with Gasteiger partial charge in [0, 0.05) is 51.2 Å². The molecule has 102 valence electrons. The minimum absolute atomic E-state index is 0.0731. The predicted molar refractivity (Wildman–Crippen MR) is 68.0 cm³/mol. The number of aliphatic hydroxyl groups excluding tert-OH is 1. The van der Waals surface area contributed by atoms with Gasteiger partial charge in [0.05, 0.1) is 5.60 Å². The summed E-state index contributed by atoms with van der Waals surface area (Å²) in [6, 6.07) is 0. The molecule has 1 heterocycles. The third-order valence-corrected chi connectivity index (χ3v) is 3.87. The Balaban J connectivity index is 2.45. The Bertz CT molecular complexity index is 223. The first-order valence-electron chi connectivity index (χ1n) is 6.53. The van der Waals surface area contributed by atoms with Crippen molar-refractivity contribution >= 4 is 0 Å². The molecule has 1 unspecified atom stereocenters. The van der Waals surface area contributed by atoms with Crippen LogP contribution in [0.4, 0.5) is 0 Å². The number of aliphatic hydroxyl groups is 2. The van der Waals surface area contributed by atoms with E-state index in [9.17, 15) is 10.2 Å². The van der Waals surface area contributed by atoms with Crippen molar-refractivity contribution in [3.05, 3.63) is 0 Å². The summed E-state index contributed by atoms with van der Waals surface area (Å²) in [5.41, 5.74) is -0.687. The minimum Gasteiger partial charge on any atom is -0.396 e. The van der Waals surface area contributed by atoms with Crippen LogP contribution in [0.15, 0.2) is 0 Å². The van der Waals surface area contributed by atoms with E-state index >= 15 is 0 Å². The first-order valence-corrected chi connectivity index (χ1v) is 6.53. The zero-order chi connectivity index (χ0) is 12.9. The lowest BCUT2D eigenvalue weighted by atomic mass is 9.87. The van der Waals surface area contributed by atoms with E-state index in [4.69, 9.17) is 4.74 Å². The molecule has 0 saturated carbocycles. The maximum Gasteiger partial charge on any atom is 0.0817 e. The van der Waals surface area contributed by atoms with Gasteiger partial charge in [-0.3, -0.25) is 0 Å². The van der Waals surface area contributed by atoms with E-state index in [1.165, 1.54) is 0 Å². The first kappa shape index (κ1) is 14.9. The van der Waals surface area contributed by atoms with Gasteiger partial charge in [-0.2, -0.15) is 0 Å². The molecule has 0 aromatic rings. The molecule has 1 aliphatic heterocycles. The van der Waals surface area contributed by atoms with Gasteiger partial charge in [-0.1, -0.05) is 13.8 Å². The molecule has 0 aliphatic carbocycles. The summed E-state index contributed by atoms with van der Waals surface area (Å²) in [6.07, 6.45) is 2.36. The summed E-state index contributed by atoms with van der Waals surface area (Å²) in [5.74, 6) is 0. The molecular weight excluding hydrogens is 218 g/mol. The van der Waals surface area contributed by atoms with Gasteiger partial charge in [0.1, 0.15) is 0 Å². The van der Waals surface area contributed by atoms with Gasteiger partial charge in [0.2, 0.25) is 0 Å². The number of nitrogens with zero attached hydrogens (tertiary/aromatic N) is 1. The zero-order valence-corrected chi connectivity index (χ0v) is 11.4. The highest BCUT2D eigenvalue weighted by Gasteiger charge is 2.33. The summed E-state index contributed by atoms with van der Waals surface area (Å²) >= 11 is 0. The van der Waals surface area contributed by atoms with Crippen molar-refractivity contribution in [2.45, 2.75) is 38.7 Å². The lowest BCUT2D eigenvalue weighted by molar-refractivity contribution is -0.0813. The van der Waals surface area contributed by atoms with Gasteiger partial charge < -0.3 is 19.8 Å². The standard InChI is InChI=1S/C13H27NO3/c1-4-12(2,11-15)9-14(3)10-13(16)5-7-17-8-6-13/h15-16H,4-11H2,1-3H3. The van der Waals surface area contributed by atoms with Crippen LogP contribution in [0.1, 0.15) is 33.1 Å². The molecule has 1 saturated heterocycles. The number of hydrogen-bond donors (Lipinski definition) is 2. The molecule has 0 radical (unpaired) electrons. The molecule has 4 nitrogen and oxygen atoms in total. The highest BCUT2D eigenvalue weighted by Crippen LogP contribution is 2.25. The van der Waals surface area contributed by atoms with Gasteiger partial charge in [-0.25, -0.2) is 0 Å². The van der Waals surface area contributed by atoms with E-state index in [1.807, 2.05) is 7.05 Å². The summed E-state index contributed by atoms with van der Waals surface area (Å²) < 4.78 is 5.27. The van der Waals surface area contributed by atoms with Crippen molar-refractivity contribution in [3.63, 3.8) is 0 Å². The van der Waals surface area contributed by atoms with Crippen LogP contribution < -0.4 is 0 Å². The summed E-state index contributed by atoms with van der Waals surface area (Å²) in [7, 11) is 2.01. The Morgan fingerprint density at radius 3 is 2.41 bits per heavy atom. The molecule has 1 fully saturated rings. The van der Waals surface area contributed by atoms with E-state index in [2.05, 4.69) is 18.7 Å². The van der Waals surface area contributed by atoms with Crippen LogP contribution in [0.3, 0.4) is 0 Å². The first-order chi connectivity index (χ1) is 7.93. The Morgan fingerprint density at radius 2 is 1.94 bits per heavy atom. The Hall–Kier alpha value is -0.160. The molecule has 0 bridgehead atoms. The zero-order valence-electron chi connectivity index (χ0n) is 11.4. The average Bonchev–Trinajstić information content (AvgIpc) is 2.29. The third kappa shape index (κ3) is 4.54. The molecule has 0 spiro atoms. The fourth-order valence-corrected chi connectivity index (χ4v) is 2.39. The van der Waals surface area contributed by atoms with Crippen molar-refractivity contribution in [3.8, 4) is 0 Å². The van der Waals surface area contributed by atoms with Crippen molar-refractivity contribution in [2.24, 2.45) is 5.41 Å². The molecule has 2 N–H and O–H groups in total. The largest absolute Gasteiger partial charge is 0.396 e.